The summed E-state index contributed by atoms with van der Waals surface area (Å²) in [6, 6.07) is 14.8. The van der Waals surface area contributed by atoms with Crippen molar-refractivity contribution in [3.63, 3.8) is 0 Å². The second-order valence-electron chi connectivity index (χ2n) is 9.69. The molecular weight excluding hydrogens is 505 g/mol. The van der Waals surface area contributed by atoms with E-state index in [4.69, 9.17) is 4.42 Å². The number of aliphatic imine (C=N–C) groups is 1. The summed E-state index contributed by atoms with van der Waals surface area (Å²) in [6.45, 7) is 5.59. The van der Waals surface area contributed by atoms with Crippen molar-refractivity contribution < 1.29 is 13.6 Å². The highest BCUT2D eigenvalue weighted by atomic mass is 32.2. The Kier molecular flexibility index (Phi) is 8.48. The van der Waals surface area contributed by atoms with Crippen LogP contribution in [-0.2, 0) is 11.3 Å². The molecule has 0 aliphatic carbocycles. The molecule has 2 aliphatic heterocycles. The van der Waals surface area contributed by atoms with Gasteiger partial charge in [0.1, 0.15) is 18.1 Å². The summed E-state index contributed by atoms with van der Waals surface area (Å²) in [5, 5.41) is 8.71. The van der Waals surface area contributed by atoms with Gasteiger partial charge in [-0.15, -0.1) is 10.2 Å². The monoisotopic (exact) mass is 537 g/mol. The highest BCUT2D eigenvalue weighted by Crippen LogP contribution is 2.29. The fourth-order valence-electron chi connectivity index (χ4n) is 4.53. The number of amides is 1. The van der Waals surface area contributed by atoms with Crippen LogP contribution in [0.3, 0.4) is 0 Å². The molecule has 0 saturated carbocycles. The van der Waals surface area contributed by atoms with Crippen molar-refractivity contribution >= 4 is 29.1 Å². The number of anilines is 1. The molecular formula is C27H32FN7O2S. The largest absolute Gasteiger partial charge is 0.410 e. The lowest BCUT2D eigenvalue weighted by Crippen LogP contribution is -2.51. The van der Waals surface area contributed by atoms with Crippen molar-refractivity contribution in [2.24, 2.45) is 4.99 Å². The van der Waals surface area contributed by atoms with Gasteiger partial charge in [0.2, 0.25) is 5.91 Å². The molecule has 9 nitrogen and oxygen atoms in total. The van der Waals surface area contributed by atoms with Crippen LogP contribution < -0.4 is 4.90 Å². The Balaban J connectivity index is 1.29. The number of benzodiazepines with no additional fused rings is 1. The lowest BCUT2D eigenvalue weighted by molar-refractivity contribution is -0.117. The number of benzene rings is 2. The summed E-state index contributed by atoms with van der Waals surface area (Å²) in [5.41, 5.74) is 2.71. The minimum absolute atomic E-state index is 0.0783. The number of hydrogen-bond donors (Lipinski definition) is 0. The molecule has 3 aromatic rings. The minimum atomic E-state index is -0.416. The van der Waals surface area contributed by atoms with Crippen molar-refractivity contribution in [3.05, 3.63) is 71.4 Å². The van der Waals surface area contributed by atoms with Gasteiger partial charge >= 0.3 is 0 Å². The Labute approximate surface area is 226 Å². The van der Waals surface area contributed by atoms with Gasteiger partial charge in [-0.1, -0.05) is 42.1 Å². The Morgan fingerprint density at radius 1 is 1.03 bits per heavy atom. The van der Waals surface area contributed by atoms with Gasteiger partial charge in [-0.2, -0.15) is 0 Å². The van der Waals surface area contributed by atoms with Gasteiger partial charge in [-0.25, -0.2) is 4.39 Å². The van der Waals surface area contributed by atoms with E-state index >= 15 is 0 Å². The van der Waals surface area contributed by atoms with Gasteiger partial charge in [-0.05, 0) is 37.9 Å². The van der Waals surface area contributed by atoms with E-state index in [0.29, 0.717) is 28.9 Å². The average Bonchev–Trinajstić information content (AvgIpc) is 3.32. The molecule has 3 heterocycles. The summed E-state index contributed by atoms with van der Waals surface area (Å²) in [6.07, 6.45) is 0. The maximum Gasteiger partial charge on any atom is 0.276 e. The van der Waals surface area contributed by atoms with E-state index in [1.165, 1.54) is 29.5 Å². The maximum absolute atomic E-state index is 14.4. The molecule has 0 bridgehead atoms. The summed E-state index contributed by atoms with van der Waals surface area (Å²) >= 11 is 1.45. The molecule has 2 aliphatic rings. The summed E-state index contributed by atoms with van der Waals surface area (Å²) < 4.78 is 20.3. The number of hydrogen-bond acceptors (Lipinski definition) is 9. The van der Waals surface area contributed by atoms with Crippen LogP contribution >= 0.6 is 11.8 Å². The minimum Gasteiger partial charge on any atom is -0.410 e. The number of piperazine rings is 1. The molecule has 0 unspecified atom stereocenters. The Bertz CT molecular complexity index is 1280. The van der Waals surface area contributed by atoms with Crippen molar-refractivity contribution in [1.29, 1.82) is 0 Å². The number of aromatic nitrogens is 2. The molecule has 0 atom stereocenters. The van der Waals surface area contributed by atoms with Crippen LogP contribution in [0, 0.1) is 5.82 Å². The van der Waals surface area contributed by atoms with Gasteiger partial charge in [0.15, 0.2) is 0 Å². The normalized spacial score (nSPS) is 17.0. The first-order chi connectivity index (χ1) is 18.5. The smallest absolute Gasteiger partial charge is 0.276 e. The lowest BCUT2D eigenvalue weighted by atomic mass is 10.1. The van der Waals surface area contributed by atoms with Crippen LogP contribution in [0.15, 0.2) is 63.2 Å². The topological polar surface area (TPSA) is 81.3 Å². The first-order valence-electron chi connectivity index (χ1n) is 12.7. The number of carbonyl (C=O) groups excluding carboxylic acids is 1. The van der Waals surface area contributed by atoms with Crippen molar-refractivity contribution in [1.82, 2.24) is 24.9 Å². The first-order valence-corrected chi connectivity index (χ1v) is 13.7. The van der Waals surface area contributed by atoms with Crippen LogP contribution in [0.5, 0.6) is 0 Å². The molecule has 1 saturated heterocycles. The predicted octanol–water partition coefficient (Wildman–Crippen LogP) is 2.82. The first kappa shape index (κ1) is 26.5. The standard InChI is InChI=1S/C27H32FN7O2S/c1-32(2)14-15-38-27-31-30-26(37-27)25-22-16-21(28)8-9-23(22)35(24(36)17-29-25)19-34-12-10-33(11-13-34)18-20-6-4-3-5-7-20/h3-9,16H,10-15,17-19H2,1-2H3. The summed E-state index contributed by atoms with van der Waals surface area (Å²) in [4.78, 5) is 26.2. The second-order valence-corrected chi connectivity index (χ2v) is 10.7. The highest BCUT2D eigenvalue weighted by Gasteiger charge is 2.30. The molecule has 5 rings (SSSR count). The number of nitrogens with zero attached hydrogens (tertiary/aromatic N) is 7. The molecule has 1 fully saturated rings. The summed E-state index contributed by atoms with van der Waals surface area (Å²) in [7, 11) is 4.00. The molecule has 11 heteroatoms. The lowest BCUT2D eigenvalue weighted by Gasteiger charge is -2.37. The molecule has 1 amide bonds. The third-order valence-electron chi connectivity index (χ3n) is 6.61. The number of thioether (sulfide) groups is 1. The number of halogens is 1. The zero-order valence-electron chi connectivity index (χ0n) is 21.7. The zero-order chi connectivity index (χ0) is 26.5. The molecule has 0 N–H and O–H groups in total. The quantitative estimate of drug-likeness (QED) is 0.386. The Morgan fingerprint density at radius 3 is 2.55 bits per heavy atom. The van der Waals surface area contributed by atoms with Crippen molar-refractivity contribution in [2.45, 2.75) is 11.8 Å². The third-order valence-corrected chi connectivity index (χ3v) is 7.41. The van der Waals surface area contributed by atoms with E-state index in [-0.39, 0.29) is 18.3 Å². The molecule has 0 radical (unpaired) electrons. The second kappa shape index (κ2) is 12.2. The molecule has 0 spiro atoms. The van der Waals surface area contributed by atoms with Gasteiger partial charge in [0.05, 0.1) is 12.4 Å². The fourth-order valence-corrected chi connectivity index (χ4v) is 5.40. The van der Waals surface area contributed by atoms with E-state index in [1.807, 2.05) is 20.2 Å². The summed E-state index contributed by atoms with van der Waals surface area (Å²) in [5.74, 6) is 0.408. The fraction of sp³-hybridized carbons (Fsp3) is 0.407. The van der Waals surface area contributed by atoms with E-state index in [1.54, 1.807) is 11.0 Å². The SMILES string of the molecule is CN(C)CCSc1nnc(C2=NCC(=O)N(CN3CCN(Cc4ccccc4)CC3)c3ccc(F)cc32)o1. The highest BCUT2D eigenvalue weighted by molar-refractivity contribution is 7.99. The molecule has 38 heavy (non-hydrogen) atoms. The number of rotatable bonds is 9. The van der Waals surface area contributed by atoms with Crippen molar-refractivity contribution in [2.75, 3.05) is 70.7 Å². The van der Waals surface area contributed by atoms with E-state index in [2.05, 4.69) is 54.2 Å². The predicted molar refractivity (Wildman–Crippen MR) is 146 cm³/mol. The number of carbonyl (C=O) groups is 1. The van der Waals surface area contributed by atoms with Gasteiger partial charge < -0.3 is 9.32 Å². The van der Waals surface area contributed by atoms with Crippen molar-refractivity contribution in [3.8, 4) is 0 Å². The van der Waals surface area contributed by atoms with E-state index in [0.717, 1.165) is 45.0 Å². The molecule has 200 valence electrons. The molecule has 2 aromatic carbocycles. The maximum atomic E-state index is 14.4. The van der Waals surface area contributed by atoms with E-state index < -0.39 is 5.82 Å². The van der Waals surface area contributed by atoms with Crippen LogP contribution in [0.4, 0.5) is 10.1 Å². The number of fused-ring (bicyclic) bond motifs is 1. The van der Waals surface area contributed by atoms with Gasteiger partial charge in [-0.3, -0.25) is 24.5 Å². The van der Waals surface area contributed by atoms with E-state index in [9.17, 15) is 9.18 Å². The van der Waals surface area contributed by atoms with Crippen LogP contribution in [0.25, 0.3) is 0 Å². The Morgan fingerprint density at radius 2 is 1.79 bits per heavy atom. The molecule has 1 aromatic heterocycles. The van der Waals surface area contributed by atoms with Crippen LogP contribution in [-0.4, -0.2) is 102 Å². The zero-order valence-corrected chi connectivity index (χ0v) is 22.5. The van der Waals surface area contributed by atoms with Crippen LogP contribution in [0.1, 0.15) is 17.0 Å². The average molecular weight is 538 g/mol. The van der Waals surface area contributed by atoms with Gasteiger partial charge in [0, 0.05) is 50.6 Å². The van der Waals surface area contributed by atoms with Gasteiger partial charge in [0.25, 0.3) is 11.1 Å². The Hall–Kier alpha value is -3.12. The van der Waals surface area contributed by atoms with Crippen LogP contribution in [0.2, 0.25) is 0 Å². The third kappa shape index (κ3) is 6.47.